The Morgan fingerprint density at radius 2 is 2.12 bits per heavy atom. The summed E-state index contributed by atoms with van der Waals surface area (Å²) in [6.45, 7) is 2.71. The van der Waals surface area contributed by atoms with Crippen LogP contribution in [0.2, 0.25) is 5.02 Å². The van der Waals surface area contributed by atoms with Crippen LogP contribution >= 0.6 is 11.6 Å². The van der Waals surface area contributed by atoms with E-state index in [2.05, 4.69) is 10.3 Å². The van der Waals surface area contributed by atoms with E-state index in [-0.39, 0.29) is 11.8 Å². The number of para-hydroxylation sites is 1. The van der Waals surface area contributed by atoms with Crippen molar-refractivity contribution in [1.82, 2.24) is 9.88 Å². The predicted octanol–water partition coefficient (Wildman–Crippen LogP) is 3.53. The molecule has 0 radical (unpaired) electrons. The normalized spacial score (nSPS) is 24.1. The predicted molar refractivity (Wildman–Crippen MR) is 122 cm³/mol. The second-order valence-electron chi connectivity index (χ2n) is 8.44. The van der Waals surface area contributed by atoms with Gasteiger partial charge in [0.2, 0.25) is 11.8 Å². The molecule has 2 bridgehead atoms. The number of aromatic nitrogens is 1. The summed E-state index contributed by atoms with van der Waals surface area (Å²) in [5.74, 6) is -1.39. The van der Waals surface area contributed by atoms with Crippen molar-refractivity contribution in [3.8, 4) is 5.75 Å². The van der Waals surface area contributed by atoms with Gasteiger partial charge in [0.05, 0.1) is 5.52 Å². The van der Waals surface area contributed by atoms with E-state index in [1.165, 1.54) is 0 Å². The number of anilines is 1. The summed E-state index contributed by atoms with van der Waals surface area (Å²) in [7, 11) is 0. The molecular formula is C24H23ClN4O3. The third-order valence-electron chi connectivity index (χ3n) is 6.41. The molecule has 1 fully saturated rings. The van der Waals surface area contributed by atoms with Gasteiger partial charge < -0.3 is 20.7 Å². The van der Waals surface area contributed by atoms with Crippen molar-refractivity contribution in [2.24, 2.45) is 11.7 Å². The van der Waals surface area contributed by atoms with Gasteiger partial charge in [-0.05, 0) is 42.8 Å². The number of carbonyl (C=O) groups excluding carboxylic acids is 2. The van der Waals surface area contributed by atoms with Crippen LogP contribution in [0.25, 0.3) is 10.9 Å². The average Bonchev–Trinajstić information content (AvgIpc) is 2.75. The van der Waals surface area contributed by atoms with E-state index in [0.717, 1.165) is 22.2 Å². The molecule has 0 spiro atoms. The third kappa shape index (κ3) is 3.33. The monoisotopic (exact) mass is 450 g/mol. The van der Waals surface area contributed by atoms with Crippen molar-refractivity contribution in [2.45, 2.75) is 25.0 Å². The number of amides is 2. The molecule has 2 aromatic carbocycles. The van der Waals surface area contributed by atoms with Crippen molar-refractivity contribution in [3.05, 3.63) is 65.3 Å². The van der Waals surface area contributed by atoms with Crippen LogP contribution in [0.1, 0.15) is 24.8 Å². The quantitative estimate of drug-likeness (QED) is 0.579. The number of nitrogens with one attached hydrogen (secondary N) is 1. The SMILES string of the molecule is C[C@@]12C[C@@H](c3ccccc3O1)[C@H](C(N)=O)C(=O)N2CCNc1ccnc2cc(Cl)ccc12. The number of carbonyl (C=O) groups is 2. The number of pyridine rings is 1. The number of fused-ring (bicyclic) bond motifs is 5. The van der Waals surface area contributed by atoms with E-state index in [1.807, 2.05) is 55.5 Å². The number of nitrogens with two attached hydrogens (primary N) is 1. The number of nitrogens with zero attached hydrogens (tertiary/aromatic N) is 2. The first kappa shape index (κ1) is 20.6. The highest BCUT2D eigenvalue weighted by molar-refractivity contribution is 6.31. The van der Waals surface area contributed by atoms with Crippen molar-refractivity contribution < 1.29 is 14.3 Å². The minimum Gasteiger partial charge on any atom is -0.468 e. The number of hydrogen-bond donors (Lipinski definition) is 2. The molecule has 164 valence electrons. The van der Waals surface area contributed by atoms with Crippen LogP contribution in [-0.2, 0) is 9.59 Å². The summed E-state index contributed by atoms with van der Waals surface area (Å²) >= 11 is 6.08. The summed E-state index contributed by atoms with van der Waals surface area (Å²) in [4.78, 5) is 31.7. The molecule has 0 aliphatic carbocycles. The molecule has 3 atom stereocenters. The van der Waals surface area contributed by atoms with Crippen LogP contribution in [0.3, 0.4) is 0 Å². The molecule has 3 heterocycles. The summed E-state index contributed by atoms with van der Waals surface area (Å²) in [6.07, 6.45) is 2.23. The lowest BCUT2D eigenvalue weighted by Crippen LogP contribution is -2.65. The van der Waals surface area contributed by atoms with Gasteiger partial charge in [-0.1, -0.05) is 29.8 Å². The van der Waals surface area contributed by atoms with Crippen LogP contribution in [0.4, 0.5) is 5.69 Å². The standard InChI is InChI=1S/C24H23ClN4O3/c1-24-13-17(15-4-2-3-5-20(15)32-24)21(22(26)30)23(31)29(24)11-10-28-18-8-9-27-19-12-14(25)6-7-16(18)19/h2-9,12,17,21H,10-11,13H2,1H3,(H2,26,30)(H,27,28)/t17-,21+,24-/m0/s1. The maximum absolute atomic E-state index is 13.4. The number of likely N-dealkylation sites (tertiary alicyclic amines) is 1. The molecular weight excluding hydrogens is 428 g/mol. The van der Waals surface area contributed by atoms with Gasteiger partial charge in [-0.15, -0.1) is 0 Å². The molecule has 7 nitrogen and oxygen atoms in total. The molecule has 0 unspecified atom stereocenters. The second-order valence-corrected chi connectivity index (χ2v) is 8.88. The Labute approximate surface area is 190 Å². The molecule has 2 aliphatic rings. The van der Waals surface area contributed by atoms with E-state index >= 15 is 0 Å². The molecule has 32 heavy (non-hydrogen) atoms. The van der Waals surface area contributed by atoms with Gasteiger partial charge in [-0.3, -0.25) is 14.6 Å². The van der Waals surface area contributed by atoms with Crippen LogP contribution < -0.4 is 15.8 Å². The number of rotatable bonds is 5. The van der Waals surface area contributed by atoms with Crippen molar-refractivity contribution >= 4 is 40.0 Å². The lowest BCUT2D eigenvalue weighted by molar-refractivity contribution is -0.174. The fourth-order valence-corrected chi connectivity index (χ4v) is 5.12. The molecule has 1 saturated heterocycles. The first-order valence-electron chi connectivity index (χ1n) is 10.5. The van der Waals surface area contributed by atoms with Gasteiger partial charge in [0.1, 0.15) is 11.7 Å². The zero-order chi connectivity index (χ0) is 22.5. The Hall–Kier alpha value is -3.32. The maximum Gasteiger partial charge on any atom is 0.238 e. The number of benzene rings is 2. The average molecular weight is 451 g/mol. The molecule has 3 aromatic rings. The van der Waals surface area contributed by atoms with Gasteiger partial charge >= 0.3 is 0 Å². The highest BCUT2D eigenvalue weighted by Crippen LogP contribution is 2.49. The third-order valence-corrected chi connectivity index (χ3v) is 6.65. The van der Waals surface area contributed by atoms with E-state index in [9.17, 15) is 9.59 Å². The minimum absolute atomic E-state index is 0.284. The Morgan fingerprint density at radius 1 is 1.31 bits per heavy atom. The summed E-state index contributed by atoms with van der Waals surface area (Å²) in [5, 5.41) is 4.94. The number of primary amides is 1. The fourth-order valence-electron chi connectivity index (χ4n) is 4.96. The Bertz CT molecular complexity index is 1230. The topological polar surface area (TPSA) is 97.5 Å². The number of piperidine rings is 1. The van der Waals surface area contributed by atoms with Crippen molar-refractivity contribution in [1.29, 1.82) is 0 Å². The lowest BCUT2D eigenvalue weighted by atomic mass is 9.73. The van der Waals surface area contributed by atoms with E-state index in [4.69, 9.17) is 22.1 Å². The van der Waals surface area contributed by atoms with Gasteiger partial charge in [-0.25, -0.2) is 0 Å². The van der Waals surface area contributed by atoms with Gasteiger partial charge in [0.25, 0.3) is 0 Å². The summed E-state index contributed by atoms with van der Waals surface area (Å²) in [5.41, 5.74) is 7.38. The molecule has 0 saturated carbocycles. The minimum atomic E-state index is -0.906. The largest absolute Gasteiger partial charge is 0.468 e. The molecule has 3 N–H and O–H groups in total. The van der Waals surface area contributed by atoms with Crippen molar-refractivity contribution in [2.75, 3.05) is 18.4 Å². The maximum atomic E-state index is 13.4. The summed E-state index contributed by atoms with van der Waals surface area (Å²) < 4.78 is 6.29. The lowest BCUT2D eigenvalue weighted by Gasteiger charge is -2.52. The van der Waals surface area contributed by atoms with Gasteiger partial charge in [0.15, 0.2) is 5.72 Å². The molecule has 1 aromatic heterocycles. The molecule has 2 amide bonds. The highest BCUT2D eigenvalue weighted by Gasteiger charge is 2.55. The number of ether oxygens (including phenoxy) is 1. The molecule has 2 aliphatic heterocycles. The van der Waals surface area contributed by atoms with E-state index in [1.54, 1.807) is 11.1 Å². The molecule has 8 heteroatoms. The number of halogens is 1. The van der Waals surface area contributed by atoms with Crippen LogP contribution in [0, 0.1) is 5.92 Å². The Morgan fingerprint density at radius 3 is 2.94 bits per heavy atom. The zero-order valence-corrected chi connectivity index (χ0v) is 18.3. The highest BCUT2D eigenvalue weighted by atomic mass is 35.5. The zero-order valence-electron chi connectivity index (χ0n) is 17.5. The van der Waals surface area contributed by atoms with Gasteiger partial charge in [0, 0.05) is 47.7 Å². The van der Waals surface area contributed by atoms with Gasteiger partial charge in [-0.2, -0.15) is 0 Å². The van der Waals surface area contributed by atoms with Crippen molar-refractivity contribution in [3.63, 3.8) is 0 Å². The van der Waals surface area contributed by atoms with E-state index in [0.29, 0.717) is 30.3 Å². The smallest absolute Gasteiger partial charge is 0.238 e. The summed E-state index contributed by atoms with van der Waals surface area (Å²) in [6, 6.07) is 15.0. The number of hydrogen-bond acceptors (Lipinski definition) is 5. The fraction of sp³-hybridized carbons (Fsp3) is 0.292. The first-order valence-corrected chi connectivity index (χ1v) is 10.9. The van der Waals surface area contributed by atoms with Crippen LogP contribution in [-0.4, -0.2) is 40.5 Å². The van der Waals surface area contributed by atoms with Crippen LogP contribution in [0.15, 0.2) is 54.7 Å². The van der Waals surface area contributed by atoms with E-state index < -0.39 is 17.6 Å². The second kappa shape index (κ2) is 7.67. The molecule has 5 rings (SSSR count). The first-order chi connectivity index (χ1) is 15.4. The Kier molecular flexibility index (Phi) is 4.93. The Balaban J connectivity index is 1.40. The van der Waals surface area contributed by atoms with Crippen LogP contribution in [0.5, 0.6) is 5.75 Å².